The van der Waals surface area contributed by atoms with Crippen LogP contribution in [0.4, 0.5) is 0 Å². The normalized spacial score (nSPS) is 27.3. The van der Waals surface area contributed by atoms with Crippen LogP contribution < -0.4 is 5.73 Å². The van der Waals surface area contributed by atoms with E-state index >= 15 is 0 Å². The second kappa shape index (κ2) is 5.85. The second-order valence-electron chi connectivity index (χ2n) is 5.59. The molecule has 0 saturated carbocycles. The van der Waals surface area contributed by atoms with Crippen LogP contribution in [-0.4, -0.2) is 34.1 Å². The number of nitrogens with zero attached hydrogens (tertiary/aromatic N) is 3. The Kier molecular flexibility index (Phi) is 4.40. The molecular weight excluding hydrogens is 224 g/mol. The molecule has 1 aliphatic heterocycles. The SMILES string of the molecule is CCn1cncc1C(CN)N1CCC(C)C(C)C1. The topological polar surface area (TPSA) is 47.1 Å². The maximum absolute atomic E-state index is 6.02. The van der Waals surface area contributed by atoms with E-state index in [1.54, 1.807) is 0 Å². The highest BCUT2D eigenvalue weighted by atomic mass is 15.2. The standard InChI is InChI=1S/C14H26N4/c1-4-17-10-16-8-14(17)13(7-15)18-6-5-11(2)12(3)9-18/h8,10-13H,4-7,9,15H2,1-3H3. The number of likely N-dealkylation sites (tertiary alicyclic amines) is 1. The van der Waals surface area contributed by atoms with E-state index in [4.69, 9.17) is 5.73 Å². The van der Waals surface area contributed by atoms with Crippen LogP contribution in [0, 0.1) is 11.8 Å². The Morgan fingerprint density at radius 2 is 2.22 bits per heavy atom. The highest BCUT2D eigenvalue weighted by Crippen LogP contribution is 2.29. The van der Waals surface area contributed by atoms with E-state index in [1.807, 2.05) is 12.5 Å². The zero-order chi connectivity index (χ0) is 13.1. The van der Waals surface area contributed by atoms with Crippen LogP contribution in [0.2, 0.25) is 0 Å². The lowest BCUT2D eigenvalue weighted by Gasteiger charge is -2.39. The van der Waals surface area contributed by atoms with Gasteiger partial charge in [0.15, 0.2) is 0 Å². The van der Waals surface area contributed by atoms with E-state index in [9.17, 15) is 0 Å². The fourth-order valence-corrected chi connectivity index (χ4v) is 2.91. The van der Waals surface area contributed by atoms with Gasteiger partial charge in [-0.05, 0) is 31.7 Å². The summed E-state index contributed by atoms with van der Waals surface area (Å²) in [7, 11) is 0. The van der Waals surface area contributed by atoms with Gasteiger partial charge in [0.1, 0.15) is 0 Å². The van der Waals surface area contributed by atoms with E-state index < -0.39 is 0 Å². The molecule has 0 bridgehead atoms. The summed E-state index contributed by atoms with van der Waals surface area (Å²) in [6.07, 6.45) is 5.16. The van der Waals surface area contributed by atoms with Crippen molar-refractivity contribution in [1.82, 2.24) is 14.5 Å². The van der Waals surface area contributed by atoms with E-state index in [-0.39, 0.29) is 0 Å². The second-order valence-corrected chi connectivity index (χ2v) is 5.59. The van der Waals surface area contributed by atoms with Crippen LogP contribution in [0.1, 0.15) is 38.9 Å². The molecule has 1 aliphatic rings. The molecule has 3 atom stereocenters. The highest BCUT2D eigenvalue weighted by Gasteiger charge is 2.29. The Morgan fingerprint density at radius 1 is 1.44 bits per heavy atom. The lowest BCUT2D eigenvalue weighted by Crippen LogP contribution is -2.43. The number of piperidine rings is 1. The molecule has 2 heterocycles. The maximum Gasteiger partial charge on any atom is 0.0948 e. The van der Waals surface area contributed by atoms with Gasteiger partial charge in [-0.3, -0.25) is 4.90 Å². The fraction of sp³-hybridized carbons (Fsp3) is 0.786. The highest BCUT2D eigenvalue weighted by molar-refractivity contribution is 5.07. The summed E-state index contributed by atoms with van der Waals surface area (Å²) in [4.78, 5) is 6.81. The molecule has 1 aromatic rings. The first-order chi connectivity index (χ1) is 8.67. The van der Waals surface area contributed by atoms with Crippen molar-refractivity contribution in [1.29, 1.82) is 0 Å². The van der Waals surface area contributed by atoms with Gasteiger partial charge in [0.05, 0.1) is 18.1 Å². The van der Waals surface area contributed by atoms with Crippen molar-refractivity contribution < 1.29 is 0 Å². The van der Waals surface area contributed by atoms with Gasteiger partial charge in [0.25, 0.3) is 0 Å². The number of hydrogen-bond acceptors (Lipinski definition) is 3. The van der Waals surface area contributed by atoms with E-state index in [0.717, 1.165) is 31.5 Å². The molecule has 18 heavy (non-hydrogen) atoms. The number of aromatic nitrogens is 2. The van der Waals surface area contributed by atoms with Crippen molar-refractivity contribution in [3.8, 4) is 0 Å². The van der Waals surface area contributed by atoms with Gasteiger partial charge in [-0.2, -0.15) is 0 Å². The summed E-state index contributed by atoms with van der Waals surface area (Å²) in [6, 6.07) is 0.322. The van der Waals surface area contributed by atoms with Crippen molar-refractivity contribution in [2.75, 3.05) is 19.6 Å². The van der Waals surface area contributed by atoms with Crippen LogP contribution in [-0.2, 0) is 6.54 Å². The molecule has 1 aromatic heterocycles. The first-order valence-corrected chi connectivity index (χ1v) is 7.11. The third kappa shape index (κ3) is 2.59. The minimum absolute atomic E-state index is 0.322. The molecule has 3 unspecified atom stereocenters. The summed E-state index contributed by atoms with van der Waals surface area (Å²) < 4.78 is 2.21. The van der Waals surface area contributed by atoms with Crippen molar-refractivity contribution in [2.24, 2.45) is 17.6 Å². The Bertz CT molecular complexity index is 374. The largest absolute Gasteiger partial charge is 0.333 e. The third-order valence-corrected chi connectivity index (χ3v) is 4.46. The van der Waals surface area contributed by atoms with Crippen molar-refractivity contribution in [3.05, 3.63) is 18.2 Å². The van der Waals surface area contributed by atoms with Gasteiger partial charge in [0.2, 0.25) is 0 Å². The molecule has 0 aliphatic carbocycles. The molecule has 1 saturated heterocycles. The van der Waals surface area contributed by atoms with Crippen molar-refractivity contribution in [3.63, 3.8) is 0 Å². The Morgan fingerprint density at radius 3 is 2.83 bits per heavy atom. The van der Waals surface area contributed by atoms with Gasteiger partial charge in [-0.25, -0.2) is 4.98 Å². The molecule has 2 N–H and O–H groups in total. The summed E-state index contributed by atoms with van der Waals surface area (Å²) in [5, 5.41) is 0. The average Bonchev–Trinajstić information content (AvgIpc) is 2.83. The van der Waals surface area contributed by atoms with Crippen molar-refractivity contribution in [2.45, 2.75) is 39.8 Å². The van der Waals surface area contributed by atoms with Gasteiger partial charge >= 0.3 is 0 Å². The molecular formula is C14H26N4. The lowest BCUT2D eigenvalue weighted by atomic mass is 9.87. The van der Waals surface area contributed by atoms with Gasteiger partial charge in [-0.15, -0.1) is 0 Å². The minimum atomic E-state index is 0.322. The smallest absolute Gasteiger partial charge is 0.0948 e. The summed E-state index contributed by atoms with van der Waals surface area (Å²) in [6.45, 7) is 10.8. The number of imidazole rings is 1. The molecule has 0 spiro atoms. The number of nitrogens with two attached hydrogens (primary N) is 1. The zero-order valence-electron chi connectivity index (χ0n) is 11.8. The molecule has 0 amide bonds. The molecule has 0 radical (unpaired) electrons. The van der Waals surface area contributed by atoms with Crippen LogP contribution in [0.15, 0.2) is 12.5 Å². The molecule has 2 rings (SSSR count). The number of aryl methyl sites for hydroxylation is 1. The van der Waals surface area contributed by atoms with Gasteiger partial charge in [-0.1, -0.05) is 13.8 Å². The number of rotatable bonds is 4. The molecule has 4 nitrogen and oxygen atoms in total. The van der Waals surface area contributed by atoms with E-state index in [1.165, 1.54) is 12.1 Å². The van der Waals surface area contributed by atoms with Crippen LogP contribution in [0.5, 0.6) is 0 Å². The quantitative estimate of drug-likeness (QED) is 0.887. The maximum atomic E-state index is 6.02. The lowest BCUT2D eigenvalue weighted by molar-refractivity contribution is 0.0949. The predicted molar refractivity (Wildman–Crippen MR) is 74.2 cm³/mol. The molecule has 102 valence electrons. The fourth-order valence-electron chi connectivity index (χ4n) is 2.91. The van der Waals surface area contributed by atoms with E-state index in [0.29, 0.717) is 12.6 Å². The number of hydrogen-bond donors (Lipinski definition) is 1. The average molecular weight is 250 g/mol. The minimum Gasteiger partial charge on any atom is -0.333 e. The third-order valence-electron chi connectivity index (χ3n) is 4.46. The monoisotopic (exact) mass is 250 g/mol. The summed E-state index contributed by atoms with van der Waals surface area (Å²) in [5.74, 6) is 1.58. The van der Waals surface area contributed by atoms with Gasteiger partial charge in [0, 0.05) is 25.8 Å². The van der Waals surface area contributed by atoms with E-state index in [2.05, 4.69) is 35.2 Å². The van der Waals surface area contributed by atoms with Crippen LogP contribution in [0.3, 0.4) is 0 Å². The summed E-state index contributed by atoms with van der Waals surface area (Å²) in [5.41, 5.74) is 7.28. The van der Waals surface area contributed by atoms with Crippen LogP contribution in [0.25, 0.3) is 0 Å². The molecule has 4 heteroatoms. The van der Waals surface area contributed by atoms with Crippen LogP contribution >= 0.6 is 0 Å². The molecule has 1 fully saturated rings. The Labute approximate surface area is 110 Å². The van der Waals surface area contributed by atoms with Crippen molar-refractivity contribution >= 4 is 0 Å². The zero-order valence-corrected chi connectivity index (χ0v) is 11.8. The summed E-state index contributed by atoms with van der Waals surface area (Å²) >= 11 is 0. The molecule has 0 aromatic carbocycles. The predicted octanol–water partition coefficient (Wildman–Crippen LogP) is 1.88. The first-order valence-electron chi connectivity index (χ1n) is 7.11. The first kappa shape index (κ1) is 13.6. The Balaban J connectivity index is 2.14. The van der Waals surface area contributed by atoms with Gasteiger partial charge < -0.3 is 10.3 Å². The Hall–Kier alpha value is -0.870.